The number of rotatable bonds is 13. The number of anilines is 1. The van der Waals surface area contributed by atoms with Gasteiger partial charge in [0.1, 0.15) is 35.1 Å². The van der Waals surface area contributed by atoms with Crippen LogP contribution in [-0.4, -0.2) is 121 Å². The Hall–Kier alpha value is -5.16. The Morgan fingerprint density at radius 1 is 0.971 bits per heavy atom. The van der Waals surface area contributed by atoms with Gasteiger partial charge in [-0.3, -0.25) is 29.2 Å². The van der Waals surface area contributed by atoms with Crippen molar-refractivity contribution in [3.05, 3.63) is 57.8 Å². The lowest BCUT2D eigenvalue weighted by Gasteiger charge is -2.37. The minimum Gasteiger partial charge on any atom is -0.507 e. The van der Waals surface area contributed by atoms with E-state index < -0.39 is 71.5 Å². The number of nitrogens with one attached hydrogen (secondary N) is 2. The molecule has 0 saturated carbocycles. The number of aliphatic hydroxyl groups excluding tert-OH is 1. The summed E-state index contributed by atoms with van der Waals surface area (Å²) in [5.41, 5.74) is -0.322. The van der Waals surface area contributed by atoms with Crippen LogP contribution in [0.25, 0.3) is 10.8 Å². The zero-order chi connectivity index (χ0) is 50.7. The van der Waals surface area contributed by atoms with Crippen molar-refractivity contribution in [3.8, 4) is 17.2 Å². The second-order valence-electron chi connectivity index (χ2n) is 19.8. The summed E-state index contributed by atoms with van der Waals surface area (Å²) in [7, 11) is 3.07. The van der Waals surface area contributed by atoms with Gasteiger partial charge in [0.2, 0.25) is 5.91 Å². The van der Waals surface area contributed by atoms with Gasteiger partial charge in [0.15, 0.2) is 17.2 Å². The Morgan fingerprint density at radius 2 is 1.67 bits per heavy atom. The molecule has 3 aliphatic rings. The zero-order valence-electron chi connectivity index (χ0n) is 42.6. The van der Waals surface area contributed by atoms with E-state index in [0.717, 1.165) is 6.54 Å². The summed E-state index contributed by atoms with van der Waals surface area (Å²) in [5.74, 6) is -3.88. The quantitative estimate of drug-likeness (QED) is 0.0485. The molecule has 3 heterocycles. The molecule has 2 amide bonds. The molecule has 0 unspecified atom stereocenters. The fourth-order valence-electron chi connectivity index (χ4n) is 9.83. The molecule has 69 heavy (non-hydrogen) atoms. The number of methoxy groups -OCH3 is 2. The van der Waals surface area contributed by atoms with Crippen LogP contribution in [0.4, 0.5) is 5.69 Å². The predicted molar refractivity (Wildman–Crippen MR) is 265 cm³/mol. The van der Waals surface area contributed by atoms with Crippen LogP contribution in [0.2, 0.25) is 0 Å². The molecule has 16 nitrogen and oxygen atoms in total. The van der Waals surface area contributed by atoms with Crippen LogP contribution in [0.5, 0.6) is 17.2 Å². The average Bonchev–Trinajstić information content (AvgIpc) is 3.68. The Bertz CT molecular complexity index is 2400. The number of nitrogens with zero attached hydrogens (tertiary/aromatic N) is 3. The molecule has 5 N–H and O–H groups in total. The number of allylic oxidation sites excluding steroid dienone is 4. The van der Waals surface area contributed by atoms with Crippen molar-refractivity contribution in [1.82, 2.24) is 10.2 Å². The molecule has 0 aromatic heterocycles. The van der Waals surface area contributed by atoms with Crippen molar-refractivity contribution in [3.63, 3.8) is 0 Å². The van der Waals surface area contributed by atoms with E-state index in [1.54, 1.807) is 52.2 Å². The van der Waals surface area contributed by atoms with E-state index in [9.17, 15) is 34.5 Å². The van der Waals surface area contributed by atoms with Crippen LogP contribution >= 0.6 is 0 Å². The molecule has 380 valence electrons. The van der Waals surface area contributed by atoms with Gasteiger partial charge in [0.05, 0.1) is 35.1 Å². The lowest BCUT2D eigenvalue weighted by atomic mass is 9.79. The lowest BCUT2D eigenvalue weighted by Crippen LogP contribution is -2.44. The van der Waals surface area contributed by atoms with E-state index in [0.29, 0.717) is 69.8 Å². The molecule has 16 heteroatoms. The first-order valence-electron chi connectivity index (χ1n) is 24.7. The van der Waals surface area contributed by atoms with Crippen LogP contribution < -0.4 is 26.1 Å². The summed E-state index contributed by atoms with van der Waals surface area (Å²) < 4.78 is 23.4. The fraction of sp³-hybridized carbons (Fsp3) is 0.623. The number of phenols is 2. The van der Waals surface area contributed by atoms with E-state index in [1.807, 2.05) is 33.8 Å². The van der Waals surface area contributed by atoms with Crippen LogP contribution in [0, 0.1) is 36.5 Å². The van der Waals surface area contributed by atoms with Crippen molar-refractivity contribution in [2.24, 2.45) is 39.6 Å². The molecular weight excluding hydrogens is 883 g/mol. The highest BCUT2D eigenvalue weighted by Gasteiger charge is 2.40. The van der Waals surface area contributed by atoms with Crippen molar-refractivity contribution in [1.29, 1.82) is 0 Å². The van der Waals surface area contributed by atoms with Crippen molar-refractivity contribution < 1.29 is 53.4 Å². The van der Waals surface area contributed by atoms with E-state index in [-0.39, 0.29) is 74.7 Å². The second-order valence-corrected chi connectivity index (χ2v) is 19.8. The van der Waals surface area contributed by atoms with Crippen LogP contribution in [0.1, 0.15) is 116 Å². The molecule has 7 atom stereocenters. The molecule has 1 fully saturated rings. The number of esters is 1. The lowest BCUT2D eigenvalue weighted by molar-refractivity contribution is -0.163. The monoisotopic (exact) mass is 960 g/mol. The second kappa shape index (κ2) is 24.6. The highest BCUT2D eigenvalue weighted by Crippen LogP contribution is 2.46. The number of Topliss-reactive ketones (excluding diaryl/α,β-unsaturated/α-hetero) is 1. The summed E-state index contributed by atoms with van der Waals surface area (Å²) in [4.78, 5) is 68.1. The summed E-state index contributed by atoms with van der Waals surface area (Å²) >= 11 is 0. The van der Waals surface area contributed by atoms with Gasteiger partial charge < -0.3 is 49.8 Å². The fourth-order valence-corrected chi connectivity index (χ4v) is 9.83. The summed E-state index contributed by atoms with van der Waals surface area (Å²) in [6, 6.07) is 0. The van der Waals surface area contributed by atoms with Crippen molar-refractivity contribution in [2.75, 3.05) is 58.9 Å². The number of ether oxygens (including phenoxy) is 4. The molecular formula is C53H77N5O11. The summed E-state index contributed by atoms with van der Waals surface area (Å²) in [5, 5.41) is 42.4. The summed E-state index contributed by atoms with van der Waals surface area (Å²) in [6.45, 7) is 20.4. The van der Waals surface area contributed by atoms with Crippen molar-refractivity contribution in [2.45, 2.75) is 131 Å². The Morgan fingerprint density at radius 3 is 2.32 bits per heavy atom. The predicted octanol–water partition coefficient (Wildman–Crippen LogP) is 6.40. The SMILES string of the molecule is CCCOc1c(C)c(O)c2c(O)c3c4c(c2c1C(=O)C/C=C/[C@H](OC)[C@@H](C)[C@@H](OC(=O)CC(=O)NCCCOC)[C@H](C)[C@H](O)[C@H](C)C[C@@H](C)/C=C/C=C(/C)C(=O)N3)=NC1(CCN(CC(C)C)CC1)N=4. The van der Waals surface area contributed by atoms with Crippen LogP contribution in [-0.2, 0) is 28.6 Å². The number of carbonyl (C=O) groups excluding carboxylic acids is 4. The molecule has 2 aromatic rings. The minimum atomic E-state index is -0.951. The number of benzene rings is 2. The van der Waals surface area contributed by atoms with Crippen LogP contribution in [0.15, 0.2) is 45.9 Å². The highest BCUT2D eigenvalue weighted by atomic mass is 16.5. The first kappa shape index (κ1) is 54.8. The number of aromatic hydroxyl groups is 2. The van der Waals surface area contributed by atoms with Gasteiger partial charge in [0.25, 0.3) is 5.91 Å². The largest absolute Gasteiger partial charge is 0.507 e. The van der Waals surface area contributed by atoms with Gasteiger partial charge in [-0.05, 0) is 50.9 Å². The first-order chi connectivity index (χ1) is 32.8. The number of carbonyl (C=O) groups is 4. The number of hydrogen-bond donors (Lipinski definition) is 5. The number of amides is 2. The topological polar surface area (TPSA) is 218 Å². The normalized spacial score (nSPS) is 26.4. The molecule has 0 radical (unpaired) electrons. The number of ketones is 1. The number of piperidine rings is 1. The third-order valence-electron chi connectivity index (χ3n) is 13.6. The molecule has 2 bridgehead atoms. The van der Waals surface area contributed by atoms with Gasteiger partial charge in [-0.2, -0.15) is 0 Å². The molecule has 5 rings (SSSR count). The Labute approximate surface area is 407 Å². The van der Waals surface area contributed by atoms with E-state index >= 15 is 0 Å². The smallest absolute Gasteiger partial charge is 0.315 e. The number of phenolic OH excluding ortho intramolecular Hbond substituents is 2. The average molecular weight is 960 g/mol. The third kappa shape index (κ3) is 13.2. The number of likely N-dealkylation sites (tertiary alicyclic amines) is 1. The first-order valence-corrected chi connectivity index (χ1v) is 24.7. The van der Waals surface area contributed by atoms with Crippen LogP contribution in [0.3, 0.4) is 0 Å². The van der Waals surface area contributed by atoms with Gasteiger partial charge in [0, 0.05) is 94.6 Å². The van der Waals surface area contributed by atoms with Gasteiger partial charge in [-0.1, -0.05) is 78.8 Å². The van der Waals surface area contributed by atoms with Gasteiger partial charge in [-0.25, -0.2) is 0 Å². The number of aliphatic hydroxyl groups is 1. The number of hydrogen-bond acceptors (Lipinski definition) is 14. The van der Waals surface area contributed by atoms with E-state index in [4.69, 9.17) is 28.9 Å². The standard InChI is InChI=1S/C53H77N5O11/c1-12-25-68-51-36(9)48(63)43-42-41(51)37(59)18-14-19-38(67-11)34(7)50(69-40(61)28-39(60)54-22-15-26-66-10)35(8)47(62)33(6)27-31(4)16-13-17-32(5)52(65)55-46(49(43)64)45-44(42)56-53(57-45)20-23-58(24-21-53)29-30(2)3/h13-14,16-17,19,30-31,33-35,38,47,50,62-64H,12,15,18,20-29H2,1-11H3,(H,54,60)(H,55,65)/b16-13+,19-14+,32-17-/t31-,33+,34+,35+,38-,47+,50+/m0/s1. The maximum Gasteiger partial charge on any atom is 0.315 e. The molecule has 1 spiro atoms. The maximum absolute atomic E-state index is 15.0. The highest BCUT2D eigenvalue weighted by molar-refractivity contribution is 6.16. The van der Waals surface area contributed by atoms with Gasteiger partial charge >= 0.3 is 5.97 Å². The van der Waals surface area contributed by atoms with E-state index in [2.05, 4.69) is 29.4 Å². The molecule has 0 aliphatic carbocycles. The van der Waals surface area contributed by atoms with Gasteiger partial charge in [-0.15, -0.1) is 0 Å². The molecule has 1 saturated heterocycles. The maximum atomic E-state index is 15.0. The zero-order valence-corrected chi connectivity index (χ0v) is 42.6. The van der Waals surface area contributed by atoms with E-state index in [1.165, 1.54) is 7.11 Å². The summed E-state index contributed by atoms with van der Waals surface area (Å²) in [6.07, 6.45) is 8.25. The third-order valence-corrected chi connectivity index (χ3v) is 13.6. The Kier molecular flexibility index (Phi) is 19.5. The molecule has 2 aromatic carbocycles. The van der Waals surface area contributed by atoms with Crippen molar-refractivity contribution >= 4 is 40.0 Å². The molecule has 3 aliphatic heterocycles. The Balaban J connectivity index is 1.68. The minimum absolute atomic E-state index is 0.0155.